The molecule has 8 nitrogen and oxygen atoms in total. The summed E-state index contributed by atoms with van der Waals surface area (Å²) >= 11 is 0. The molecule has 32 heavy (non-hydrogen) atoms. The first kappa shape index (κ1) is 21.6. The van der Waals surface area contributed by atoms with E-state index in [9.17, 15) is 18.3 Å². The van der Waals surface area contributed by atoms with Gasteiger partial charge in [-0.05, 0) is 63.2 Å². The van der Waals surface area contributed by atoms with E-state index in [2.05, 4.69) is 4.98 Å². The zero-order valence-corrected chi connectivity index (χ0v) is 18.7. The molecule has 0 radical (unpaired) electrons. The van der Waals surface area contributed by atoms with Gasteiger partial charge in [-0.25, -0.2) is 17.4 Å². The van der Waals surface area contributed by atoms with Crippen LogP contribution in [-0.4, -0.2) is 39.1 Å². The number of carboxylic acid groups (broad SMARTS) is 1. The van der Waals surface area contributed by atoms with E-state index in [0.717, 1.165) is 15.1 Å². The molecule has 0 saturated carbocycles. The zero-order chi connectivity index (χ0) is 23.0. The molecule has 0 fully saturated rings. The van der Waals surface area contributed by atoms with Crippen molar-refractivity contribution in [2.75, 3.05) is 0 Å². The lowest BCUT2D eigenvalue weighted by molar-refractivity contribution is -0.137. The molecule has 3 aromatic heterocycles. The molecule has 0 aliphatic heterocycles. The van der Waals surface area contributed by atoms with E-state index in [0.29, 0.717) is 22.5 Å². The van der Waals surface area contributed by atoms with Gasteiger partial charge in [-0.1, -0.05) is 0 Å². The van der Waals surface area contributed by atoms with Crippen molar-refractivity contribution in [2.45, 2.75) is 38.3 Å². The molecule has 1 N–H and O–H groups in total. The van der Waals surface area contributed by atoms with E-state index in [1.165, 1.54) is 24.5 Å². The largest absolute Gasteiger partial charge is 0.491 e. The number of fused-ring (bicyclic) bond motifs is 1. The van der Waals surface area contributed by atoms with Crippen LogP contribution in [0.25, 0.3) is 22.2 Å². The Morgan fingerprint density at radius 1 is 1.09 bits per heavy atom. The highest BCUT2D eigenvalue weighted by molar-refractivity contribution is 7.90. The van der Waals surface area contributed by atoms with Crippen LogP contribution in [0, 0.1) is 6.92 Å². The van der Waals surface area contributed by atoms with Crippen molar-refractivity contribution >= 4 is 27.0 Å². The third-order valence-corrected chi connectivity index (χ3v) is 6.57. The van der Waals surface area contributed by atoms with Gasteiger partial charge in [0, 0.05) is 40.8 Å². The Balaban J connectivity index is 1.72. The van der Waals surface area contributed by atoms with Crippen LogP contribution in [-0.2, 0) is 21.4 Å². The number of benzene rings is 1. The third kappa shape index (κ3) is 4.11. The molecule has 3 heterocycles. The highest BCUT2D eigenvalue weighted by Crippen LogP contribution is 2.31. The number of carbonyl (C=O) groups is 1. The molecule has 9 heteroatoms. The second-order valence-corrected chi connectivity index (χ2v) is 9.60. The maximum absolute atomic E-state index is 13.1. The van der Waals surface area contributed by atoms with Crippen molar-refractivity contribution in [3.8, 4) is 16.9 Å². The predicted molar refractivity (Wildman–Crippen MR) is 120 cm³/mol. The van der Waals surface area contributed by atoms with Crippen molar-refractivity contribution in [2.24, 2.45) is 0 Å². The number of aliphatic carboxylic acids is 1. The van der Waals surface area contributed by atoms with E-state index in [1.807, 2.05) is 32.9 Å². The van der Waals surface area contributed by atoms with Gasteiger partial charge < -0.3 is 14.4 Å². The maximum Gasteiger partial charge on any atom is 0.323 e. The van der Waals surface area contributed by atoms with E-state index in [4.69, 9.17) is 4.74 Å². The second-order valence-electron chi connectivity index (χ2n) is 7.76. The molecule has 4 rings (SSSR count). The Morgan fingerprint density at radius 3 is 2.47 bits per heavy atom. The second kappa shape index (κ2) is 8.16. The summed E-state index contributed by atoms with van der Waals surface area (Å²) in [6.45, 7) is 5.39. The lowest BCUT2D eigenvalue weighted by atomic mass is 10.1. The maximum atomic E-state index is 13.1. The first-order valence-corrected chi connectivity index (χ1v) is 11.5. The lowest BCUT2D eigenvalue weighted by Gasteiger charge is -2.10. The van der Waals surface area contributed by atoms with E-state index in [-0.39, 0.29) is 17.5 Å². The van der Waals surface area contributed by atoms with E-state index in [1.54, 1.807) is 29.0 Å². The fraction of sp³-hybridized carbons (Fsp3) is 0.217. The molecule has 166 valence electrons. The molecule has 0 unspecified atom stereocenters. The van der Waals surface area contributed by atoms with Gasteiger partial charge in [-0.15, -0.1) is 0 Å². The number of carboxylic acids is 1. The minimum Gasteiger partial charge on any atom is -0.491 e. The fourth-order valence-electron chi connectivity index (χ4n) is 3.52. The van der Waals surface area contributed by atoms with Crippen LogP contribution in [0.3, 0.4) is 0 Å². The molecule has 0 aliphatic rings. The molecule has 0 bridgehead atoms. The summed E-state index contributed by atoms with van der Waals surface area (Å²) < 4.78 is 34.5. The summed E-state index contributed by atoms with van der Waals surface area (Å²) in [7, 11) is -3.80. The Morgan fingerprint density at radius 2 is 1.81 bits per heavy atom. The quantitative estimate of drug-likeness (QED) is 0.455. The zero-order valence-electron chi connectivity index (χ0n) is 17.9. The number of nitrogens with zero attached hydrogens (tertiary/aromatic N) is 3. The topological polar surface area (TPSA) is 103 Å². The van der Waals surface area contributed by atoms with Crippen LogP contribution in [0.1, 0.15) is 19.5 Å². The predicted octanol–water partition coefficient (Wildman–Crippen LogP) is 3.92. The molecule has 0 amide bonds. The SMILES string of the molecule is Cc1ccc2c(-c3ccn(S(=O)(=O)c4ccc(OC(C)C)cc4)c3)cn(CC(=O)O)c2n1. The first-order chi connectivity index (χ1) is 15.1. The molecule has 0 aliphatic carbocycles. The summed E-state index contributed by atoms with van der Waals surface area (Å²) in [4.78, 5) is 15.9. The van der Waals surface area contributed by atoms with Crippen LogP contribution >= 0.6 is 0 Å². The number of aromatic nitrogens is 3. The average Bonchev–Trinajstić information content (AvgIpc) is 3.33. The third-order valence-electron chi connectivity index (χ3n) is 4.92. The lowest BCUT2D eigenvalue weighted by Crippen LogP contribution is -2.11. The summed E-state index contributed by atoms with van der Waals surface area (Å²) in [5.41, 5.74) is 2.66. The van der Waals surface area contributed by atoms with Crippen molar-refractivity contribution in [3.63, 3.8) is 0 Å². The van der Waals surface area contributed by atoms with Crippen molar-refractivity contribution in [1.82, 2.24) is 13.5 Å². The number of ether oxygens (including phenoxy) is 1. The average molecular weight is 454 g/mol. The molecule has 0 saturated heterocycles. The number of aryl methyl sites for hydroxylation is 1. The normalized spacial score (nSPS) is 11.9. The van der Waals surface area contributed by atoms with Crippen LogP contribution in [0.2, 0.25) is 0 Å². The van der Waals surface area contributed by atoms with Gasteiger partial charge in [-0.3, -0.25) is 4.79 Å². The van der Waals surface area contributed by atoms with Crippen LogP contribution in [0.5, 0.6) is 5.75 Å². The van der Waals surface area contributed by atoms with Crippen LogP contribution < -0.4 is 4.74 Å². The van der Waals surface area contributed by atoms with E-state index < -0.39 is 16.0 Å². The monoisotopic (exact) mass is 453 g/mol. The summed E-state index contributed by atoms with van der Waals surface area (Å²) in [6, 6.07) is 11.7. The Hall–Kier alpha value is -3.59. The number of hydrogen-bond donors (Lipinski definition) is 1. The molecular weight excluding hydrogens is 430 g/mol. The Kier molecular flexibility index (Phi) is 5.52. The Labute approximate surface area is 185 Å². The number of hydrogen-bond acceptors (Lipinski definition) is 5. The smallest absolute Gasteiger partial charge is 0.323 e. The van der Waals surface area contributed by atoms with Gasteiger partial charge in [0.25, 0.3) is 10.0 Å². The fourth-order valence-corrected chi connectivity index (χ4v) is 4.72. The van der Waals surface area contributed by atoms with Gasteiger partial charge in [0.15, 0.2) is 0 Å². The standard InChI is InChI=1S/C23H23N3O5S/c1-15(2)31-18-5-7-19(8-6-18)32(29,30)26-11-10-17(12-26)21-13-25(14-22(27)28)23-20(21)9-4-16(3)24-23/h4-13,15H,14H2,1-3H3,(H,27,28). The summed E-state index contributed by atoms with van der Waals surface area (Å²) in [5, 5.41) is 9.99. The highest BCUT2D eigenvalue weighted by atomic mass is 32.2. The Bertz CT molecular complexity index is 1400. The molecule has 0 atom stereocenters. The van der Waals surface area contributed by atoms with Gasteiger partial charge >= 0.3 is 5.97 Å². The summed E-state index contributed by atoms with van der Waals surface area (Å²) in [6.07, 6.45) is 4.68. The van der Waals surface area contributed by atoms with Crippen molar-refractivity contribution in [3.05, 3.63) is 66.7 Å². The van der Waals surface area contributed by atoms with Crippen molar-refractivity contribution in [1.29, 1.82) is 0 Å². The van der Waals surface area contributed by atoms with Crippen molar-refractivity contribution < 1.29 is 23.1 Å². The van der Waals surface area contributed by atoms with Crippen LogP contribution in [0.4, 0.5) is 0 Å². The van der Waals surface area contributed by atoms with Gasteiger partial charge in [-0.2, -0.15) is 0 Å². The minimum atomic E-state index is -3.80. The molecule has 0 spiro atoms. The minimum absolute atomic E-state index is 0.00834. The molecule has 1 aromatic carbocycles. The summed E-state index contributed by atoms with van der Waals surface area (Å²) in [5.74, 6) is -0.386. The number of rotatable bonds is 7. The first-order valence-electron chi connectivity index (χ1n) is 10.0. The van der Waals surface area contributed by atoms with Gasteiger partial charge in [0.1, 0.15) is 17.9 Å². The van der Waals surface area contributed by atoms with Gasteiger partial charge in [0.05, 0.1) is 11.0 Å². The number of pyridine rings is 1. The van der Waals surface area contributed by atoms with Gasteiger partial charge in [0.2, 0.25) is 0 Å². The molecular formula is C23H23N3O5S. The van der Waals surface area contributed by atoms with Crippen LogP contribution in [0.15, 0.2) is 66.0 Å². The van der Waals surface area contributed by atoms with E-state index >= 15 is 0 Å². The molecule has 4 aromatic rings. The highest BCUT2D eigenvalue weighted by Gasteiger charge is 2.20.